The number of benzene rings is 4. The van der Waals surface area contributed by atoms with Gasteiger partial charge in [-0.05, 0) is 48.5 Å². The number of anilines is 2. The van der Waals surface area contributed by atoms with Crippen LogP contribution in [0.4, 0.5) is 15.8 Å². The minimum absolute atomic E-state index is 0.0234. The van der Waals surface area contributed by atoms with Gasteiger partial charge in [-0.3, -0.25) is 14.3 Å². The van der Waals surface area contributed by atoms with Gasteiger partial charge in [-0.25, -0.2) is 12.8 Å². The van der Waals surface area contributed by atoms with Crippen LogP contribution < -0.4 is 10.0 Å². The van der Waals surface area contributed by atoms with E-state index in [0.717, 1.165) is 18.2 Å². The third kappa shape index (κ3) is 5.57. The van der Waals surface area contributed by atoms with Gasteiger partial charge in [0.15, 0.2) is 5.78 Å². The smallest absolute Gasteiger partial charge is 0.262 e. The Labute approximate surface area is 216 Å². The Morgan fingerprint density at radius 1 is 0.750 bits per heavy atom. The summed E-state index contributed by atoms with van der Waals surface area (Å²) >= 11 is 12.0. The van der Waals surface area contributed by atoms with Crippen LogP contribution in [-0.2, 0) is 10.0 Å². The maximum Gasteiger partial charge on any atom is 0.262 e. The fraction of sp³-hybridized carbons (Fsp3) is 0. The maximum atomic E-state index is 14.8. The van der Waals surface area contributed by atoms with Crippen molar-refractivity contribution in [3.63, 3.8) is 0 Å². The Bertz CT molecular complexity index is 1580. The van der Waals surface area contributed by atoms with Gasteiger partial charge in [0.25, 0.3) is 15.9 Å². The van der Waals surface area contributed by atoms with Crippen LogP contribution in [0, 0.1) is 5.82 Å². The van der Waals surface area contributed by atoms with E-state index < -0.39 is 32.4 Å². The second-order valence-corrected chi connectivity index (χ2v) is 10.1. The molecule has 0 saturated carbocycles. The highest BCUT2D eigenvalue weighted by molar-refractivity contribution is 7.92. The highest BCUT2D eigenvalue weighted by Gasteiger charge is 2.22. The Kier molecular flexibility index (Phi) is 7.40. The number of halogens is 3. The summed E-state index contributed by atoms with van der Waals surface area (Å²) in [7, 11) is -4.31. The largest absolute Gasteiger partial charge is 0.319 e. The Balaban J connectivity index is 1.60. The molecule has 2 N–H and O–H groups in total. The molecule has 0 heterocycles. The molecule has 0 spiro atoms. The first-order valence-corrected chi connectivity index (χ1v) is 12.7. The molecule has 0 fully saturated rings. The molecule has 0 radical (unpaired) electrons. The summed E-state index contributed by atoms with van der Waals surface area (Å²) in [5, 5.41) is 2.79. The van der Waals surface area contributed by atoms with Crippen LogP contribution in [-0.4, -0.2) is 20.1 Å². The summed E-state index contributed by atoms with van der Waals surface area (Å²) in [6.45, 7) is 0. The predicted octanol–water partition coefficient (Wildman–Crippen LogP) is 6.42. The highest BCUT2D eigenvalue weighted by atomic mass is 35.5. The quantitative estimate of drug-likeness (QED) is 0.263. The van der Waals surface area contributed by atoms with E-state index in [-0.39, 0.29) is 32.5 Å². The van der Waals surface area contributed by atoms with Crippen LogP contribution in [0.15, 0.2) is 95.9 Å². The molecule has 36 heavy (non-hydrogen) atoms. The number of sulfonamides is 1. The molecule has 0 aliphatic heterocycles. The summed E-state index contributed by atoms with van der Waals surface area (Å²) in [6, 6.07) is 21.7. The zero-order valence-electron chi connectivity index (χ0n) is 18.3. The summed E-state index contributed by atoms with van der Waals surface area (Å²) in [5.74, 6) is -2.08. The molecule has 0 aromatic heterocycles. The SMILES string of the molecule is O=C(Nc1ccc(S(=O)(=O)Nc2ccc(Cl)cc2C(=O)c2ccccc2)cc1F)c1ccccc1Cl. The lowest BCUT2D eigenvalue weighted by molar-refractivity contribution is 0.102. The van der Waals surface area contributed by atoms with E-state index in [1.54, 1.807) is 42.5 Å². The van der Waals surface area contributed by atoms with Gasteiger partial charge >= 0.3 is 0 Å². The lowest BCUT2D eigenvalue weighted by Gasteiger charge is -2.14. The number of amides is 1. The molecule has 0 atom stereocenters. The monoisotopic (exact) mass is 542 g/mol. The lowest BCUT2D eigenvalue weighted by atomic mass is 10.0. The van der Waals surface area contributed by atoms with Gasteiger partial charge in [-0.15, -0.1) is 0 Å². The van der Waals surface area contributed by atoms with Crippen LogP contribution in [0.1, 0.15) is 26.3 Å². The fourth-order valence-electron chi connectivity index (χ4n) is 3.34. The lowest BCUT2D eigenvalue weighted by Crippen LogP contribution is -2.17. The second-order valence-electron chi connectivity index (χ2n) is 7.57. The van der Waals surface area contributed by atoms with Gasteiger partial charge < -0.3 is 5.32 Å². The number of carbonyl (C=O) groups excluding carboxylic acids is 2. The van der Waals surface area contributed by atoms with Crippen LogP contribution in [0.25, 0.3) is 0 Å². The van der Waals surface area contributed by atoms with Gasteiger partial charge in [-0.1, -0.05) is 65.7 Å². The molecule has 0 bridgehead atoms. The first kappa shape index (κ1) is 25.4. The number of ketones is 1. The number of carbonyl (C=O) groups is 2. The molecule has 10 heteroatoms. The minimum Gasteiger partial charge on any atom is -0.319 e. The van der Waals surface area contributed by atoms with E-state index in [0.29, 0.717) is 5.56 Å². The third-order valence-corrected chi connectivity index (χ3v) is 7.05. The maximum absolute atomic E-state index is 14.8. The summed E-state index contributed by atoms with van der Waals surface area (Å²) < 4.78 is 43.1. The molecule has 0 saturated heterocycles. The molecule has 0 aliphatic carbocycles. The zero-order chi connectivity index (χ0) is 25.9. The van der Waals surface area contributed by atoms with Crippen molar-refractivity contribution >= 4 is 56.3 Å². The van der Waals surface area contributed by atoms with Crippen LogP contribution in [0.3, 0.4) is 0 Å². The van der Waals surface area contributed by atoms with Crippen molar-refractivity contribution in [2.75, 3.05) is 10.0 Å². The van der Waals surface area contributed by atoms with Crippen molar-refractivity contribution in [1.82, 2.24) is 0 Å². The van der Waals surface area contributed by atoms with E-state index in [4.69, 9.17) is 23.2 Å². The number of nitrogens with one attached hydrogen (secondary N) is 2. The number of hydrogen-bond donors (Lipinski definition) is 2. The highest BCUT2D eigenvalue weighted by Crippen LogP contribution is 2.28. The van der Waals surface area contributed by atoms with Crippen molar-refractivity contribution in [1.29, 1.82) is 0 Å². The molecule has 6 nitrogen and oxygen atoms in total. The predicted molar refractivity (Wildman–Crippen MR) is 138 cm³/mol. The molecule has 1 amide bonds. The molecule has 4 aromatic carbocycles. The van der Waals surface area contributed by atoms with Crippen LogP contribution in [0.5, 0.6) is 0 Å². The Morgan fingerprint density at radius 3 is 2.11 bits per heavy atom. The molecule has 0 aliphatic rings. The van der Waals surface area contributed by atoms with Crippen molar-refractivity contribution < 1.29 is 22.4 Å². The molecule has 4 aromatic rings. The second kappa shape index (κ2) is 10.5. The number of hydrogen-bond acceptors (Lipinski definition) is 4. The Morgan fingerprint density at radius 2 is 1.42 bits per heavy atom. The molecule has 182 valence electrons. The summed E-state index contributed by atoms with van der Waals surface area (Å²) in [5.41, 5.74) is 0.247. The van der Waals surface area contributed by atoms with Gasteiger partial charge in [-0.2, -0.15) is 0 Å². The van der Waals surface area contributed by atoms with E-state index in [1.165, 1.54) is 30.3 Å². The van der Waals surface area contributed by atoms with Crippen molar-refractivity contribution in [2.24, 2.45) is 0 Å². The van der Waals surface area contributed by atoms with E-state index in [9.17, 15) is 22.4 Å². The van der Waals surface area contributed by atoms with E-state index in [2.05, 4.69) is 10.0 Å². The number of rotatable bonds is 7. The normalized spacial score (nSPS) is 11.1. The third-order valence-electron chi connectivity index (χ3n) is 5.12. The van der Waals surface area contributed by atoms with Gasteiger partial charge in [0.05, 0.1) is 26.9 Å². The fourth-order valence-corrected chi connectivity index (χ4v) is 4.83. The average Bonchev–Trinajstić information content (AvgIpc) is 2.86. The summed E-state index contributed by atoms with van der Waals surface area (Å²) in [4.78, 5) is 25.0. The van der Waals surface area contributed by atoms with Gasteiger partial charge in [0.2, 0.25) is 0 Å². The topological polar surface area (TPSA) is 92.3 Å². The van der Waals surface area contributed by atoms with Crippen LogP contribution >= 0.6 is 23.2 Å². The molecular formula is C26H17Cl2FN2O4S. The van der Waals surface area contributed by atoms with Crippen molar-refractivity contribution in [3.05, 3.63) is 124 Å². The first-order valence-electron chi connectivity index (χ1n) is 10.4. The van der Waals surface area contributed by atoms with Gasteiger partial charge in [0.1, 0.15) is 5.82 Å². The molecule has 4 rings (SSSR count). The van der Waals surface area contributed by atoms with Gasteiger partial charge in [0, 0.05) is 16.1 Å². The minimum atomic E-state index is -4.31. The van der Waals surface area contributed by atoms with E-state index >= 15 is 0 Å². The standard InChI is InChI=1S/C26H17Cl2FN2O4S/c27-17-10-12-23(20(14-17)25(32)16-6-2-1-3-7-16)31-36(34,35)18-11-13-24(22(29)15-18)30-26(33)19-8-4-5-9-21(19)28/h1-15,31H,(H,30,33). The van der Waals surface area contributed by atoms with Crippen LogP contribution in [0.2, 0.25) is 10.0 Å². The zero-order valence-corrected chi connectivity index (χ0v) is 20.7. The Hall–Kier alpha value is -3.72. The average molecular weight is 543 g/mol. The van der Waals surface area contributed by atoms with E-state index in [1.807, 2.05) is 0 Å². The van der Waals surface area contributed by atoms with Crippen molar-refractivity contribution in [3.8, 4) is 0 Å². The first-order chi connectivity index (χ1) is 17.2. The summed E-state index contributed by atoms with van der Waals surface area (Å²) in [6.07, 6.45) is 0. The van der Waals surface area contributed by atoms with Crippen molar-refractivity contribution in [2.45, 2.75) is 4.90 Å². The molecule has 0 unspecified atom stereocenters. The molecular weight excluding hydrogens is 526 g/mol.